The summed E-state index contributed by atoms with van der Waals surface area (Å²) in [6.45, 7) is 2.11. The van der Waals surface area contributed by atoms with Gasteiger partial charge in [0.25, 0.3) is 0 Å². The van der Waals surface area contributed by atoms with Crippen LogP contribution in [0.2, 0.25) is 5.02 Å². The number of esters is 1. The molecule has 5 rings (SSSR count). The van der Waals surface area contributed by atoms with Gasteiger partial charge in [-0.25, -0.2) is 0 Å². The van der Waals surface area contributed by atoms with Crippen molar-refractivity contribution in [2.75, 3.05) is 23.5 Å². The average molecular weight is 509 g/mol. The van der Waals surface area contributed by atoms with Gasteiger partial charge in [0.15, 0.2) is 0 Å². The smallest absolute Gasteiger partial charge is 0.316 e. The van der Waals surface area contributed by atoms with Gasteiger partial charge in [0.05, 0.1) is 36.2 Å². The highest BCUT2D eigenvalue weighted by Gasteiger charge is 2.48. The Kier molecular flexibility index (Phi) is 6.30. The molecule has 2 saturated heterocycles. The molecule has 0 N–H and O–H groups in total. The summed E-state index contributed by atoms with van der Waals surface area (Å²) in [7, 11) is 1.50. The zero-order chi connectivity index (χ0) is 25.6. The van der Waals surface area contributed by atoms with Crippen molar-refractivity contribution in [2.24, 2.45) is 17.8 Å². The number of allylic oxidation sites excluding steroid dienone is 2. The van der Waals surface area contributed by atoms with Gasteiger partial charge < -0.3 is 14.4 Å². The molecule has 186 valence electrons. The molecule has 0 saturated carbocycles. The molecule has 2 heterocycles. The zero-order valence-corrected chi connectivity index (χ0v) is 20.7. The van der Waals surface area contributed by atoms with Crippen LogP contribution in [0.5, 0.6) is 11.5 Å². The van der Waals surface area contributed by atoms with E-state index < -0.39 is 11.9 Å². The van der Waals surface area contributed by atoms with Crippen LogP contribution in [0.15, 0.2) is 54.1 Å². The molecule has 0 aromatic heterocycles. The van der Waals surface area contributed by atoms with Gasteiger partial charge in [-0.2, -0.15) is 0 Å². The largest absolute Gasteiger partial charge is 0.495 e. The van der Waals surface area contributed by atoms with E-state index in [4.69, 9.17) is 21.1 Å². The first-order valence-corrected chi connectivity index (χ1v) is 12.1. The minimum atomic E-state index is -0.665. The van der Waals surface area contributed by atoms with E-state index in [1.165, 1.54) is 16.9 Å². The zero-order valence-electron chi connectivity index (χ0n) is 19.9. The van der Waals surface area contributed by atoms with E-state index in [9.17, 15) is 19.2 Å². The van der Waals surface area contributed by atoms with Crippen LogP contribution in [-0.2, 0) is 19.2 Å². The molecule has 2 aromatic rings. The highest BCUT2D eigenvalue weighted by atomic mass is 35.5. The number of anilines is 2. The maximum Gasteiger partial charge on any atom is 0.316 e. The number of carbonyl (C=O) groups excluding carboxylic acids is 4. The third-order valence-electron chi connectivity index (χ3n) is 7.03. The topological polar surface area (TPSA) is 93.2 Å². The lowest BCUT2D eigenvalue weighted by Crippen LogP contribution is -2.30. The van der Waals surface area contributed by atoms with Gasteiger partial charge in [-0.15, -0.1) is 0 Å². The predicted molar refractivity (Wildman–Crippen MR) is 133 cm³/mol. The summed E-state index contributed by atoms with van der Waals surface area (Å²) in [6.07, 6.45) is 3.19. The minimum Gasteiger partial charge on any atom is -0.495 e. The Morgan fingerprint density at radius 1 is 1.00 bits per heavy atom. The van der Waals surface area contributed by atoms with Gasteiger partial charge >= 0.3 is 5.97 Å². The molecule has 0 radical (unpaired) electrons. The number of benzene rings is 2. The van der Waals surface area contributed by atoms with Crippen LogP contribution in [0.25, 0.3) is 0 Å². The van der Waals surface area contributed by atoms with E-state index in [1.807, 2.05) is 13.0 Å². The van der Waals surface area contributed by atoms with Crippen molar-refractivity contribution >= 4 is 46.7 Å². The van der Waals surface area contributed by atoms with E-state index in [0.717, 1.165) is 5.57 Å². The molecule has 0 bridgehead atoms. The number of nitrogens with zero attached hydrogens (tertiary/aromatic N) is 2. The highest BCUT2D eigenvalue weighted by molar-refractivity contribution is 6.31. The first kappa shape index (κ1) is 24.1. The number of halogens is 1. The van der Waals surface area contributed by atoms with Crippen molar-refractivity contribution in [1.82, 2.24) is 0 Å². The summed E-state index contributed by atoms with van der Waals surface area (Å²) in [6, 6.07) is 11.2. The maximum absolute atomic E-state index is 12.9. The molecule has 0 spiro atoms. The summed E-state index contributed by atoms with van der Waals surface area (Å²) in [4.78, 5) is 54.0. The first-order valence-electron chi connectivity index (χ1n) is 11.8. The second kappa shape index (κ2) is 9.43. The van der Waals surface area contributed by atoms with Crippen molar-refractivity contribution in [3.05, 3.63) is 59.1 Å². The molecule has 3 aliphatic rings. The van der Waals surface area contributed by atoms with Crippen molar-refractivity contribution < 1.29 is 28.7 Å². The number of hydrogen-bond acceptors (Lipinski definition) is 6. The third-order valence-corrected chi connectivity index (χ3v) is 7.26. The standard InChI is InChI=1S/C27H25ClN2O6/c1-15-3-9-20-21(11-15)26(33)30(25(20)32)18-5-7-19(8-6-18)36-27(34)16-12-24(31)29(14-16)22-13-17(28)4-10-23(22)35-2/h3-8,10,13,16,20-21H,9,11-12,14H2,1-2H3/t16-,20+,21+/m1/s1. The molecule has 9 heteroatoms. The normalized spacial score (nSPS) is 23.6. The SMILES string of the molecule is COc1ccc(Cl)cc1N1C[C@H](C(=O)Oc2ccc(N3C(=O)[C@H]4CC=C(C)C[C@@H]4C3=O)cc2)CC1=O. The Balaban J connectivity index is 1.26. The summed E-state index contributed by atoms with van der Waals surface area (Å²) in [5, 5.41) is 0.449. The fourth-order valence-electron chi connectivity index (χ4n) is 5.13. The van der Waals surface area contributed by atoms with Crippen molar-refractivity contribution in [2.45, 2.75) is 26.2 Å². The van der Waals surface area contributed by atoms with Crippen LogP contribution < -0.4 is 19.3 Å². The number of methoxy groups -OCH3 is 1. The Morgan fingerprint density at radius 3 is 2.44 bits per heavy atom. The Labute approximate surface area is 213 Å². The number of ether oxygens (including phenoxy) is 2. The van der Waals surface area contributed by atoms with Crippen LogP contribution in [0.4, 0.5) is 11.4 Å². The molecule has 0 unspecified atom stereocenters. The number of hydrogen-bond donors (Lipinski definition) is 0. The number of fused-ring (bicyclic) bond motifs is 1. The number of rotatable bonds is 5. The van der Waals surface area contributed by atoms with Crippen LogP contribution in [-0.4, -0.2) is 37.3 Å². The van der Waals surface area contributed by atoms with Crippen molar-refractivity contribution in [1.29, 1.82) is 0 Å². The minimum absolute atomic E-state index is 0.000402. The average Bonchev–Trinajstić information content (AvgIpc) is 3.36. The lowest BCUT2D eigenvalue weighted by Gasteiger charge is -2.19. The van der Waals surface area contributed by atoms with E-state index >= 15 is 0 Å². The molecule has 2 aromatic carbocycles. The number of amides is 3. The van der Waals surface area contributed by atoms with Gasteiger partial charge in [0, 0.05) is 18.0 Å². The van der Waals surface area contributed by atoms with Gasteiger partial charge in [-0.3, -0.25) is 24.1 Å². The summed E-state index contributed by atoms with van der Waals surface area (Å²) in [5.41, 5.74) is 2.08. The molecular weight excluding hydrogens is 484 g/mol. The van der Waals surface area contributed by atoms with E-state index in [0.29, 0.717) is 35.0 Å². The van der Waals surface area contributed by atoms with Crippen LogP contribution in [0.3, 0.4) is 0 Å². The lowest BCUT2D eigenvalue weighted by atomic mass is 9.82. The second-order valence-electron chi connectivity index (χ2n) is 9.35. The number of imide groups is 1. The van der Waals surface area contributed by atoms with Crippen LogP contribution in [0, 0.1) is 17.8 Å². The van der Waals surface area contributed by atoms with Gasteiger partial charge in [0.1, 0.15) is 11.5 Å². The van der Waals surface area contributed by atoms with Crippen LogP contribution >= 0.6 is 11.6 Å². The Hall–Kier alpha value is -3.65. The lowest BCUT2D eigenvalue weighted by molar-refractivity contribution is -0.139. The van der Waals surface area contributed by atoms with Crippen LogP contribution in [0.1, 0.15) is 26.2 Å². The molecule has 1 aliphatic carbocycles. The van der Waals surface area contributed by atoms with E-state index in [1.54, 1.807) is 42.5 Å². The van der Waals surface area contributed by atoms with Gasteiger partial charge in [0.2, 0.25) is 17.7 Å². The molecular formula is C27H25ClN2O6. The first-order chi connectivity index (χ1) is 17.3. The van der Waals surface area contributed by atoms with E-state index in [2.05, 4.69) is 0 Å². The molecule has 2 aliphatic heterocycles. The summed E-state index contributed by atoms with van der Waals surface area (Å²) in [5.74, 6) is -1.71. The molecule has 2 fully saturated rings. The Morgan fingerprint density at radius 2 is 1.72 bits per heavy atom. The Bertz CT molecular complexity index is 1290. The molecule has 3 atom stereocenters. The quantitative estimate of drug-likeness (QED) is 0.261. The molecule has 36 heavy (non-hydrogen) atoms. The van der Waals surface area contributed by atoms with Gasteiger partial charge in [-0.05, 0) is 62.2 Å². The number of carbonyl (C=O) groups is 4. The summed E-state index contributed by atoms with van der Waals surface area (Å²) < 4.78 is 10.9. The fraction of sp³-hybridized carbons (Fsp3) is 0.333. The molecule has 3 amide bonds. The maximum atomic E-state index is 12.9. The van der Waals surface area contributed by atoms with Crippen molar-refractivity contribution in [3.63, 3.8) is 0 Å². The fourth-order valence-corrected chi connectivity index (χ4v) is 5.29. The summed E-state index contributed by atoms with van der Waals surface area (Å²) >= 11 is 6.09. The van der Waals surface area contributed by atoms with E-state index in [-0.39, 0.29) is 48.3 Å². The highest BCUT2D eigenvalue weighted by Crippen LogP contribution is 2.40. The second-order valence-corrected chi connectivity index (χ2v) is 9.79. The monoisotopic (exact) mass is 508 g/mol. The van der Waals surface area contributed by atoms with Crippen molar-refractivity contribution in [3.8, 4) is 11.5 Å². The molecule has 8 nitrogen and oxygen atoms in total. The van der Waals surface area contributed by atoms with Gasteiger partial charge in [-0.1, -0.05) is 23.3 Å². The predicted octanol–water partition coefficient (Wildman–Crippen LogP) is 4.15. The third kappa shape index (κ3) is 4.26.